The highest BCUT2D eigenvalue weighted by Gasteiger charge is 2.09. The molecule has 0 bridgehead atoms. The van der Waals surface area contributed by atoms with Crippen molar-refractivity contribution in [2.45, 2.75) is 10.8 Å². The number of fused-ring (bicyclic) bond motifs is 1. The molecule has 0 amide bonds. The van der Waals surface area contributed by atoms with Crippen molar-refractivity contribution in [3.63, 3.8) is 0 Å². The summed E-state index contributed by atoms with van der Waals surface area (Å²) in [6.07, 6.45) is 0. The molecule has 0 aliphatic rings. The van der Waals surface area contributed by atoms with E-state index in [1.54, 1.807) is 0 Å². The van der Waals surface area contributed by atoms with Crippen molar-refractivity contribution < 1.29 is 0 Å². The molecule has 0 atom stereocenters. The van der Waals surface area contributed by atoms with Crippen LogP contribution in [0.1, 0.15) is 5.56 Å². The molecule has 2 nitrogen and oxygen atoms in total. The number of thiol groups is 1. The van der Waals surface area contributed by atoms with Crippen LogP contribution in [0.2, 0.25) is 0 Å². The largest absolute Gasteiger partial charge is 0.326 e. The molecular formula is C8H7NOS3. The summed E-state index contributed by atoms with van der Waals surface area (Å²) in [6.45, 7) is 0.266. The van der Waals surface area contributed by atoms with Crippen molar-refractivity contribution in [3.05, 3.63) is 27.2 Å². The molecule has 5 heteroatoms. The quantitative estimate of drug-likeness (QED) is 0.735. The zero-order valence-electron chi connectivity index (χ0n) is 6.61. The maximum atomic E-state index is 11.7. The molecule has 0 aromatic carbocycles. The van der Waals surface area contributed by atoms with E-state index in [1.165, 1.54) is 22.7 Å². The first-order valence-corrected chi connectivity index (χ1v) is 5.80. The van der Waals surface area contributed by atoms with Gasteiger partial charge in [0.05, 0.1) is 13.6 Å². The first kappa shape index (κ1) is 9.21. The topological polar surface area (TPSA) is 43.1 Å². The Morgan fingerprint density at radius 3 is 3.00 bits per heavy atom. The molecule has 0 unspecified atom stereocenters. The van der Waals surface area contributed by atoms with Gasteiger partial charge in [0, 0.05) is 12.1 Å². The van der Waals surface area contributed by atoms with Crippen LogP contribution < -0.4 is 11.2 Å². The summed E-state index contributed by atoms with van der Waals surface area (Å²) in [4.78, 5) is 11.7. The van der Waals surface area contributed by atoms with E-state index in [1.807, 2.05) is 11.4 Å². The van der Waals surface area contributed by atoms with Crippen LogP contribution in [0.25, 0.3) is 9.40 Å². The Hall–Kier alpha value is -0.360. The van der Waals surface area contributed by atoms with Crippen LogP contribution in [0.5, 0.6) is 0 Å². The summed E-state index contributed by atoms with van der Waals surface area (Å²) >= 11 is 7.21. The highest BCUT2D eigenvalue weighted by molar-refractivity contribution is 7.83. The first-order valence-electron chi connectivity index (χ1n) is 3.66. The number of hydrogen-bond donors (Lipinski definition) is 2. The Morgan fingerprint density at radius 2 is 2.31 bits per heavy atom. The van der Waals surface area contributed by atoms with Gasteiger partial charge in [-0.2, -0.15) is 0 Å². The molecule has 13 heavy (non-hydrogen) atoms. The summed E-state index contributed by atoms with van der Waals surface area (Å²) in [6, 6.07) is 1.94. The Kier molecular flexibility index (Phi) is 2.42. The maximum absolute atomic E-state index is 11.7. The molecule has 2 aromatic heterocycles. The fourth-order valence-electron chi connectivity index (χ4n) is 1.12. The molecule has 2 heterocycles. The maximum Gasteiger partial charge on any atom is 0.203 e. The van der Waals surface area contributed by atoms with Gasteiger partial charge in [-0.15, -0.1) is 35.3 Å². The lowest BCUT2D eigenvalue weighted by Crippen LogP contribution is -2.12. The molecule has 68 valence electrons. The van der Waals surface area contributed by atoms with Crippen molar-refractivity contribution in [2.24, 2.45) is 5.73 Å². The minimum absolute atomic E-state index is 0.0382. The van der Waals surface area contributed by atoms with Crippen molar-refractivity contribution in [1.82, 2.24) is 0 Å². The van der Waals surface area contributed by atoms with Gasteiger partial charge in [-0.1, -0.05) is 0 Å². The third kappa shape index (κ3) is 1.42. The summed E-state index contributed by atoms with van der Waals surface area (Å²) in [5, 5.41) is 1.91. The van der Waals surface area contributed by atoms with Crippen LogP contribution in [-0.2, 0) is 6.54 Å². The number of rotatable bonds is 1. The van der Waals surface area contributed by atoms with Gasteiger partial charge in [0.25, 0.3) is 0 Å². The number of nitrogens with two attached hydrogens (primary N) is 1. The number of hydrogen-bond acceptors (Lipinski definition) is 5. The molecule has 0 aliphatic heterocycles. The van der Waals surface area contributed by atoms with Crippen molar-refractivity contribution in [1.29, 1.82) is 0 Å². The summed E-state index contributed by atoms with van der Waals surface area (Å²) < 4.78 is 2.53. The predicted octanol–water partition coefficient (Wildman–Crippen LogP) is 2.07. The molecule has 0 saturated carbocycles. The van der Waals surface area contributed by atoms with E-state index < -0.39 is 0 Å². The van der Waals surface area contributed by atoms with Crippen molar-refractivity contribution >= 4 is 44.7 Å². The smallest absolute Gasteiger partial charge is 0.203 e. The van der Waals surface area contributed by atoms with E-state index in [0.29, 0.717) is 5.56 Å². The molecule has 0 saturated heterocycles. The van der Waals surface area contributed by atoms with Crippen LogP contribution in [0.15, 0.2) is 20.5 Å². The molecule has 0 fully saturated rings. The molecule has 2 N–H and O–H groups in total. The second-order valence-electron chi connectivity index (χ2n) is 2.53. The normalized spacial score (nSPS) is 10.9. The minimum atomic E-state index is 0.0382. The molecule has 2 aromatic rings. The molecule has 0 spiro atoms. The van der Waals surface area contributed by atoms with Crippen LogP contribution in [0, 0.1) is 0 Å². The SMILES string of the molecule is NCc1c(S)sc2ccsc2c1=O. The fourth-order valence-corrected chi connectivity index (χ4v) is 3.55. The lowest BCUT2D eigenvalue weighted by molar-refractivity contribution is 1.04. The van der Waals surface area contributed by atoms with Crippen LogP contribution in [-0.4, -0.2) is 0 Å². The van der Waals surface area contributed by atoms with E-state index in [-0.39, 0.29) is 12.0 Å². The second-order valence-corrected chi connectivity index (χ2v) is 5.25. The molecular weight excluding hydrogens is 222 g/mol. The van der Waals surface area contributed by atoms with Gasteiger partial charge in [-0.3, -0.25) is 4.79 Å². The van der Waals surface area contributed by atoms with Gasteiger partial charge in [0.1, 0.15) is 0 Å². The Bertz CT molecular complexity index is 500. The first-order chi connectivity index (χ1) is 6.24. The monoisotopic (exact) mass is 229 g/mol. The molecule has 0 radical (unpaired) electrons. The van der Waals surface area contributed by atoms with Crippen molar-refractivity contribution in [2.75, 3.05) is 0 Å². The van der Waals surface area contributed by atoms with E-state index in [2.05, 4.69) is 12.6 Å². The zero-order valence-corrected chi connectivity index (χ0v) is 9.14. The Labute approximate surface area is 88.4 Å². The molecule has 2 rings (SSSR count). The third-order valence-electron chi connectivity index (χ3n) is 1.78. The Balaban J connectivity index is 2.93. The van der Waals surface area contributed by atoms with Gasteiger partial charge >= 0.3 is 0 Å². The fraction of sp³-hybridized carbons (Fsp3) is 0.125. The highest BCUT2D eigenvalue weighted by atomic mass is 32.2. The van der Waals surface area contributed by atoms with Gasteiger partial charge in [0.15, 0.2) is 0 Å². The van der Waals surface area contributed by atoms with Crippen LogP contribution in [0.4, 0.5) is 0 Å². The van der Waals surface area contributed by atoms with Gasteiger partial charge in [-0.05, 0) is 11.4 Å². The predicted molar refractivity (Wildman–Crippen MR) is 61.1 cm³/mol. The summed E-state index contributed by atoms with van der Waals surface area (Å²) in [5.74, 6) is 0. The van der Waals surface area contributed by atoms with Gasteiger partial charge in [-0.25, -0.2) is 0 Å². The van der Waals surface area contributed by atoms with E-state index in [9.17, 15) is 4.79 Å². The lowest BCUT2D eigenvalue weighted by atomic mass is 10.3. The van der Waals surface area contributed by atoms with E-state index in [4.69, 9.17) is 5.73 Å². The van der Waals surface area contributed by atoms with Gasteiger partial charge in [0.2, 0.25) is 5.43 Å². The zero-order chi connectivity index (χ0) is 9.42. The number of thiophene rings is 1. The highest BCUT2D eigenvalue weighted by Crippen LogP contribution is 2.27. The summed E-state index contributed by atoms with van der Waals surface area (Å²) in [7, 11) is 0. The standard InChI is InChI=1S/C8H7NOS3/c9-3-4-6(10)7-5(1-2-12-7)13-8(4)11/h1-2,11H,3,9H2. The molecule has 0 aliphatic carbocycles. The van der Waals surface area contributed by atoms with E-state index >= 15 is 0 Å². The average Bonchev–Trinajstić information content (AvgIpc) is 2.53. The summed E-state index contributed by atoms with van der Waals surface area (Å²) in [5.41, 5.74) is 6.14. The Morgan fingerprint density at radius 1 is 1.54 bits per heavy atom. The minimum Gasteiger partial charge on any atom is -0.326 e. The second kappa shape index (κ2) is 3.42. The van der Waals surface area contributed by atoms with Crippen LogP contribution in [0.3, 0.4) is 0 Å². The van der Waals surface area contributed by atoms with Gasteiger partial charge < -0.3 is 5.73 Å². The third-order valence-corrected chi connectivity index (χ3v) is 4.36. The lowest BCUT2D eigenvalue weighted by Gasteiger charge is -1.98. The van der Waals surface area contributed by atoms with Crippen molar-refractivity contribution in [3.8, 4) is 0 Å². The average molecular weight is 229 g/mol. The van der Waals surface area contributed by atoms with Crippen LogP contribution >= 0.6 is 35.3 Å². The van der Waals surface area contributed by atoms with E-state index in [0.717, 1.165) is 13.6 Å².